The smallest absolute Gasteiger partial charge is 0.130 e. The zero-order valence-electron chi connectivity index (χ0n) is 12.9. The summed E-state index contributed by atoms with van der Waals surface area (Å²) in [5, 5.41) is 8.84. The Morgan fingerprint density at radius 3 is 2.81 bits per heavy atom. The summed E-state index contributed by atoms with van der Waals surface area (Å²) in [7, 11) is 1.90. The quantitative estimate of drug-likeness (QED) is 0.919. The van der Waals surface area contributed by atoms with Crippen LogP contribution in [-0.4, -0.2) is 22.4 Å². The second-order valence-corrected chi connectivity index (χ2v) is 6.21. The van der Waals surface area contributed by atoms with Crippen LogP contribution in [0.3, 0.4) is 0 Å². The van der Waals surface area contributed by atoms with Crippen molar-refractivity contribution in [1.29, 1.82) is 0 Å². The zero-order chi connectivity index (χ0) is 15.0. The van der Waals surface area contributed by atoms with Gasteiger partial charge in [0.2, 0.25) is 0 Å². The topological polar surface area (TPSA) is 29.9 Å². The van der Waals surface area contributed by atoms with E-state index in [2.05, 4.69) is 41.6 Å². The van der Waals surface area contributed by atoms with Crippen molar-refractivity contribution in [3.8, 4) is 0 Å². The van der Waals surface area contributed by atoms with Crippen molar-refractivity contribution in [3.05, 3.63) is 51.8 Å². The Kier molecular flexibility index (Phi) is 4.05. The lowest BCUT2D eigenvalue weighted by atomic mass is 9.72. The van der Waals surface area contributed by atoms with Crippen LogP contribution in [0.4, 0.5) is 0 Å². The van der Waals surface area contributed by atoms with Crippen molar-refractivity contribution in [2.45, 2.75) is 38.6 Å². The molecular weight excluding hydrogens is 282 g/mol. The van der Waals surface area contributed by atoms with Gasteiger partial charge >= 0.3 is 0 Å². The van der Waals surface area contributed by atoms with E-state index in [0.29, 0.717) is 12.0 Å². The Balaban J connectivity index is 1.83. The molecular formula is C17H22ClN3. The zero-order valence-corrected chi connectivity index (χ0v) is 13.6. The molecule has 2 aromatic rings. The molecule has 2 atom stereocenters. The minimum Gasteiger partial charge on any atom is -0.313 e. The van der Waals surface area contributed by atoms with Crippen LogP contribution < -0.4 is 5.32 Å². The molecule has 1 heterocycles. The minimum absolute atomic E-state index is 0.422. The molecule has 4 heteroatoms. The maximum atomic E-state index is 6.40. The summed E-state index contributed by atoms with van der Waals surface area (Å²) in [6, 6.07) is 9.17. The third-order valence-electron chi connectivity index (χ3n) is 4.54. The van der Waals surface area contributed by atoms with E-state index in [1.54, 1.807) is 4.68 Å². The number of nitrogens with zero attached hydrogens (tertiary/aromatic N) is 2. The standard InChI is InChI=1S/C17H22ClN3/c1-4-19-16(10-14-11(2)20-21(3)17(14)18)15-9-12-7-5-6-8-13(12)15/h5-8,15-16,19H,4,9-10H2,1-3H3. The first-order valence-electron chi connectivity index (χ1n) is 7.61. The van der Waals surface area contributed by atoms with E-state index >= 15 is 0 Å². The Bertz CT molecular complexity index is 647. The van der Waals surface area contributed by atoms with Crippen LogP contribution in [-0.2, 0) is 19.9 Å². The fourth-order valence-electron chi connectivity index (χ4n) is 3.40. The highest BCUT2D eigenvalue weighted by atomic mass is 35.5. The molecule has 0 spiro atoms. The molecule has 1 aromatic heterocycles. The third-order valence-corrected chi connectivity index (χ3v) is 5.01. The Morgan fingerprint density at radius 2 is 2.19 bits per heavy atom. The van der Waals surface area contributed by atoms with Crippen LogP contribution >= 0.6 is 11.6 Å². The summed E-state index contributed by atoms with van der Waals surface area (Å²) >= 11 is 6.40. The van der Waals surface area contributed by atoms with Crippen LogP contribution in [0.1, 0.15) is 35.2 Å². The lowest BCUT2D eigenvalue weighted by molar-refractivity contribution is 0.404. The van der Waals surface area contributed by atoms with Gasteiger partial charge in [0.25, 0.3) is 0 Å². The van der Waals surface area contributed by atoms with Crippen molar-refractivity contribution in [3.63, 3.8) is 0 Å². The molecule has 21 heavy (non-hydrogen) atoms. The summed E-state index contributed by atoms with van der Waals surface area (Å²) in [6.07, 6.45) is 2.09. The number of hydrogen-bond donors (Lipinski definition) is 1. The number of hydrogen-bond acceptors (Lipinski definition) is 2. The van der Waals surface area contributed by atoms with Crippen LogP contribution in [0.25, 0.3) is 0 Å². The van der Waals surface area contributed by atoms with Crippen LogP contribution in [0.15, 0.2) is 24.3 Å². The molecule has 0 saturated carbocycles. The van der Waals surface area contributed by atoms with Gasteiger partial charge < -0.3 is 5.32 Å². The molecule has 0 amide bonds. The van der Waals surface area contributed by atoms with Crippen molar-refractivity contribution >= 4 is 11.6 Å². The second-order valence-electron chi connectivity index (χ2n) is 5.86. The summed E-state index contributed by atoms with van der Waals surface area (Å²) in [4.78, 5) is 0. The molecule has 0 aliphatic heterocycles. The van der Waals surface area contributed by atoms with Crippen LogP contribution in [0.2, 0.25) is 5.15 Å². The molecule has 112 valence electrons. The fraction of sp³-hybridized carbons (Fsp3) is 0.471. The highest BCUT2D eigenvalue weighted by Crippen LogP contribution is 2.39. The van der Waals surface area contributed by atoms with Crippen molar-refractivity contribution in [2.24, 2.45) is 7.05 Å². The number of benzene rings is 1. The number of rotatable bonds is 5. The minimum atomic E-state index is 0.422. The highest BCUT2D eigenvalue weighted by Gasteiger charge is 2.33. The first-order valence-corrected chi connectivity index (χ1v) is 7.98. The molecule has 0 radical (unpaired) electrons. The Morgan fingerprint density at radius 1 is 1.43 bits per heavy atom. The molecule has 1 aromatic carbocycles. The molecule has 3 rings (SSSR count). The highest BCUT2D eigenvalue weighted by molar-refractivity contribution is 6.30. The van der Waals surface area contributed by atoms with E-state index in [4.69, 9.17) is 11.6 Å². The van der Waals surface area contributed by atoms with Gasteiger partial charge in [-0.15, -0.1) is 0 Å². The number of aromatic nitrogens is 2. The van der Waals surface area contributed by atoms with Gasteiger partial charge in [-0.25, -0.2) is 0 Å². The molecule has 3 nitrogen and oxygen atoms in total. The lowest BCUT2D eigenvalue weighted by Crippen LogP contribution is -2.41. The normalized spacial score (nSPS) is 18.2. The number of aryl methyl sites for hydroxylation is 2. The maximum absolute atomic E-state index is 6.40. The van der Waals surface area contributed by atoms with Crippen molar-refractivity contribution in [1.82, 2.24) is 15.1 Å². The first-order chi connectivity index (χ1) is 10.1. The Labute approximate surface area is 131 Å². The van der Waals surface area contributed by atoms with E-state index in [0.717, 1.165) is 30.2 Å². The van der Waals surface area contributed by atoms with E-state index < -0.39 is 0 Å². The van der Waals surface area contributed by atoms with Gasteiger partial charge in [-0.05, 0) is 37.4 Å². The Hall–Kier alpha value is -1.32. The number of likely N-dealkylation sites (N-methyl/N-ethyl adjacent to an activating group) is 1. The van der Waals surface area contributed by atoms with Gasteiger partial charge in [-0.2, -0.15) is 5.10 Å². The summed E-state index contributed by atoms with van der Waals surface area (Å²) in [6.45, 7) is 5.18. The SMILES string of the molecule is CCNC(Cc1c(C)nn(C)c1Cl)C1Cc2ccccc21. The largest absolute Gasteiger partial charge is 0.313 e. The molecule has 2 unspecified atom stereocenters. The predicted molar refractivity (Wildman–Crippen MR) is 87.0 cm³/mol. The van der Waals surface area contributed by atoms with Gasteiger partial charge in [-0.3, -0.25) is 4.68 Å². The van der Waals surface area contributed by atoms with E-state index in [9.17, 15) is 0 Å². The maximum Gasteiger partial charge on any atom is 0.130 e. The van der Waals surface area contributed by atoms with Crippen LogP contribution in [0, 0.1) is 6.92 Å². The average Bonchev–Trinajstić information content (AvgIpc) is 2.67. The van der Waals surface area contributed by atoms with E-state index in [-0.39, 0.29) is 0 Å². The number of fused-ring (bicyclic) bond motifs is 1. The van der Waals surface area contributed by atoms with Gasteiger partial charge in [0.15, 0.2) is 0 Å². The molecule has 0 fully saturated rings. The van der Waals surface area contributed by atoms with Crippen molar-refractivity contribution < 1.29 is 0 Å². The number of halogens is 1. The molecule has 1 N–H and O–H groups in total. The van der Waals surface area contributed by atoms with Gasteiger partial charge in [0.05, 0.1) is 5.69 Å². The fourth-order valence-corrected chi connectivity index (χ4v) is 3.65. The third kappa shape index (κ3) is 2.60. The predicted octanol–water partition coefficient (Wildman–Crippen LogP) is 3.24. The van der Waals surface area contributed by atoms with Crippen LogP contribution in [0.5, 0.6) is 0 Å². The molecule has 0 bridgehead atoms. The molecule has 0 saturated heterocycles. The average molecular weight is 304 g/mol. The second kappa shape index (κ2) is 5.82. The van der Waals surface area contributed by atoms with Crippen molar-refractivity contribution in [2.75, 3.05) is 6.54 Å². The van der Waals surface area contributed by atoms with Gasteiger partial charge in [0, 0.05) is 24.6 Å². The monoisotopic (exact) mass is 303 g/mol. The number of nitrogens with one attached hydrogen (secondary N) is 1. The molecule has 1 aliphatic carbocycles. The summed E-state index contributed by atoms with van der Waals surface area (Å²) in [5.74, 6) is 0.580. The lowest BCUT2D eigenvalue weighted by Gasteiger charge is -2.37. The van der Waals surface area contributed by atoms with Gasteiger partial charge in [0.1, 0.15) is 5.15 Å². The van der Waals surface area contributed by atoms with E-state index in [1.165, 1.54) is 16.7 Å². The van der Waals surface area contributed by atoms with E-state index in [1.807, 2.05) is 14.0 Å². The summed E-state index contributed by atoms with van der Waals surface area (Å²) in [5.41, 5.74) is 5.19. The molecule has 1 aliphatic rings. The summed E-state index contributed by atoms with van der Waals surface area (Å²) < 4.78 is 1.77. The first kappa shape index (κ1) is 14.6. The van der Waals surface area contributed by atoms with Gasteiger partial charge in [-0.1, -0.05) is 42.8 Å².